The summed E-state index contributed by atoms with van der Waals surface area (Å²) < 4.78 is 23.3. The van der Waals surface area contributed by atoms with E-state index in [0.29, 0.717) is 6.61 Å². The van der Waals surface area contributed by atoms with Crippen molar-refractivity contribution < 1.29 is 23.5 Å². The minimum Gasteiger partial charge on any atom is -0.284 e. The third kappa shape index (κ3) is 1.74. The molecule has 1 heterocycles. The average Bonchev–Trinajstić information content (AvgIpc) is 1.79. The van der Waals surface area contributed by atoms with Crippen molar-refractivity contribution >= 4 is 7.82 Å². The van der Waals surface area contributed by atoms with Crippen molar-refractivity contribution in [1.82, 2.24) is 0 Å². The standard InChI is InChI=1S/C3H7O5P/c1-2-3-5-9(4)7-6-8-9/h2-3H2,1H3. The maximum atomic E-state index is 10.6. The Morgan fingerprint density at radius 3 is 2.56 bits per heavy atom. The van der Waals surface area contributed by atoms with E-state index in [1.807, 2.05) is 6.92 Å². The third-order valence-electron chi connectivity index (χ3n) is 0.697. The van der Waals surface area contributed by atoms with E-state index in [1.165, 1.54) is 0 Å². The van der Waals surface area contributed by atoms with Gasteiger partial charge in [0.25, 0.3) is 0 Å². The molecule has 0 bridgehead atoms. The molecule has 0 aromatic heterocycles. The first-order chi connectivity index (χ1) is 4.27. The minimum atomic E-state index is -3.23. The Kier molecular flexibility index (Phi) is 2.21. The molecule has 0 aliphatic carbocycles. The van der Waals surface area contributed by atoms with Gasteiger partial charge in [0.1, 0.15) is 0 Å². The van der Waals surface area contributed by atoms with E-state index in [1.54, 1.807) is 0 Å². The highest BCUT2D eigenvalue weighted by Crippen LogP contribution is 2.57. The number of hydrogen-bond donors (Lipinski definition) is 0. The summed E-state index contributed by atoms with van der Waals surface area (Å²) in [6.07, 6.45) is 0.761. The van der Waals surface area contributed by atoms with Crippen molar-refractivity contribution in [3.63, 3.8) is 0 Å². The fourth-order valence-corrected chi connectivity index (χ4v) is 0.979. The van der Waals surface area contributed by atoms with Crippen molar-refractivity contribution in [3.05, 3.63) is 0 Å². The number of phosphoric acid groups is 1. The highest BCUT2D eigenvalue weighted by molar-refractivity contribution is 7.48. The fraction of sp³-hybridized carbons (Fsp3) is 1.00. The van der Waals surface area contributed by atoms with Crippen LogP contribution in [-0.4, -0.2) is 6.61 Å². The zero-order chi connectivity index (χ0) is 6.74. The first kappa shape index (κ1) is 7.18. The molecule has 1 saturated heterocycles. The summed E-state index contributed by atoms with van der Waals surface area (Å²) in [5.74, 6) is 0. The Hall–Kier alpha value is 0.0700. The summed E-state index contributed by atoms with van der Waals surface area (Å²) >= 11 is 0. The molecule has 1 fully saturated rings. The van der Waals surface area contributed by atoms with E-state index in [4.69, 9.17) is 0 Å². The second-order valence-electron chi connectivity index (χ2n) is 1.50. The van der Waals surface area contributed by atoms with E-state index < -0.39 is 7.82 Å². The minimum absolute atomic E-state index is 0.348. The van der Waals surface area contributed by atoms with Gasteiger partial charge in [-0.15, -0.1) is 0 Å². The third-order valence-corrected chi connectivity index (χ3v) is 1.68. The Balaban J connectivity index is 2.18. The molecular weight excluding hydrogens is 147 g/mol. The first-order valence-electron chi connectivity index (χ1n) is 2.56. The molecule has 1 aliphatic heterocycles. The van der Waals surface area contributed by atoms with Crippen molar-refractivity contribution in [2.45, 2.75) is 13.3 Å². The van der Waals surface area contributed by atoms with Gasteiger partial charge in [0.2, 0.25) is 0 Å². The molecular formula is C3H7O5P. The second-order valence-corrected chi connectivity index (χ2v) is 2.95. The number of hydrogen-bond acceptors (Lipinski definition) is 5. The Labute approximate surface area is 52.3 Å². The molecule has 5 nitrogen and oxygen atoms in total. The molecule has 0 radical (unpaired) electrons. The van der Waals surface area contributed by atoms with Gasteiger partial charge in [-0.1, -0.05) is 16.3 Å². The van der Waals surface area contributed by atoms with Crippen LogP contribution in [0.15, 0.2) is 0 Å². The lowest BCUT2D eigenvalue weighted by atomic mass is 10.5. The molecule has 0 spiro atoms. The van der Waals surface area contributed by atoms with Crippen LogP contribution >= 0.6 is 7.82 Å². The molecule has 0 unspecified atom stereocenters. The van der Waals surface area contributed by atoms with Gasteiger partial charge in [-0.05, 0) is 11.5 Å². The van der Waals surface area contributed by atoms with Crippen LogP contribution in [0.4, 0.5) is 0 Å². The summed E-state index contributed by atoms with van der Waals surface area (Å²) in [6.45, 7) is 2.23. The molecule has 0 N–H and O–H groups in total. The second kappa shape index (κ2) is 2.77. The number of rotatable bonds is 3. The van der Waals surface area contributed by atoms with E-state index in [2.05, 4.69) is 18.9 Å². The molecule has 0 atom stereocenters. The van der Waals surface area contributed by atoms with Crippen molar-refractivity contribution in [2.75, 3.05) is 6.61 Å². The normalized spacial score (nSPS) is 23.2. The monoisotopic (exact) mass is 154 g/mol. The van der Waals surface area contributed by atoms with Gasteiger partial charge in [-0.25, -0.2) is 4.57 Å². The zero-order valence-corrected chi connectivity index (χ0v) is 5.80. The smallest absolute Gasteiger partial charge is 0.284 e. The summed E-state index contributed by atoms with van der Waals surface area (Å²) in [7, 11) is -3.23. The van der Waals surface area contributed by atoms with Gasteiger partial charge in [0.05, 0.1) is 6.61 Å². The van der Waals surface area contributed by atoms with Crippen molar-refractivity contribution in [3.8, 4) is 0 Å². The van der Waals surface area contributed by atoms with Gasteiger partial charge in [0, 0.05) is 0 Å². The molecule has 1 rings (SSSR count). The lowest BCUT2D eigenvalue weighted by Crippen LogP contribution is -2.09. The van der Waals surface area contributed by atoms with Gasteiger partial charge < -0.3 is 0 Å². The largest absolute Gasteiger partial charge is 0.533 e. The summed E-state index contributed by atoms with van der Waals surface area (Å²) in [5.41, 5.74) is 0. The van der Waals surface area contributed by atoms with Gasteiger partial charge >= 0.3 is 7.82 Å². The van der Waals surface area contributed by atoms with Crippen LogP contribution in [0.1, 0.15) is 13.3 Å². The van der Waals surface area contributed by atoms with Crippen LogP contribution < -0.4 is 0 Å². The molecule has 9 heavy (non-hydrogen) atoms. The highest BCUT2D eigenvalue weighted by atomic mass is 31.2. The van der Waals surface area contributed by atoms with E-state index in [9.17, 15) is 4.57 Å². The van der Waals surface area contributed by atoms with Crippen LogP contribution in [0.3, 0.4) is 0 Å². The predicted octanol–water partition coefficient (Wildman–Crippen LogP) is 1.41. The molecule has 54 valence electrons. The Bertz CT molecular complexity index is 126. The van der Waals surface area contributed by atoms with Crippen LogP contribution in [0.25, 0.3) is 0 Å². The predicted molar refractivity (Wildman–Crippen MR) is 27.1 cm³/mol. The average molecular weight is 154 g/mol. The maximum absolute atomic E-state index is 10.6. The van der Waals surface area contributed by atoms with E-state index >= 15 is 0 Å². The van der Waals surface area contributed by atoms with Gasteiger partial charge in [-0.3, -0.25) is 4.52 Å². The Morgan fingerprint density at radius 1 is 1.56 bits per heavy atom. The summed E-state index contributed by atoms with van der Waals surface area (Å²) in [4.78, 5) is 0. The molecule has 0 saturated carbocycles. The van der Waals surface area contributed by atoms with Gasteiger partial charge in [-0.2, -0.15) is 0 Å². The van der Waals surface area contributed by atoms with Crippen LogP contribution in [0, 0.1) is 0 Å². The Morgan fingerprint density at radius 2 is 2.22 bits per heavy atom. The quantitative estimate of drug-likeness (QED) is 0.454. The zero-order valence-electron chi connectivity index (χ0n) is 4.90. The summed E-state index contributed by atoms with van der Waals surface area (Å²) in [5, 5.41) is 3.75. The van der Waals surface area contributed by atoms with E-state index in [0.717, 1.165) is 6.42 Å². The topological polar surface area (TPSA) is 54.0 Å². The first-order valence-corrected chi connectivity index (χ1v) is 4.02. The molecule has 1 aliphatic rings. The lowest BCUT2D eigenvalue weighted by Gasteiger charge is -2.19. The van der Waals surface area contributed by atoms with Crippen molar-refractivity contribution in [1.29, 1.82) is 0 Å². The maximum Gasteiger partial charge on any atom is 0.533 e. The van der Waals surface area contributed by atoms with Crippen LogP contribution in [-0.2, 0) is 23.5 Å². The van der Waals surface area contributed by atoms with Crippen LogP contribution in [0.5, 0.6) is 0 Å². The molecule has 0 aromatic rings. The lowest BCUT2D eigenvalue weighted by molar-refractivity contribution is -0.499. The molecule has 0 aromatic carbocycles. The van der Waals surface area contributed by atoms with Crippen LogP contribution in [0.2, 0.25) is 0 Å². The van der Waals surface area contributed by atoms with Crippen molar-refractivity contribution in [2.24, 2.45) is 0 Å². The fourth-order valence-electron chi connectivity index (χ4n) is 0.326. The van der Waals surface area contributed by atoms with Gasteiger partial charge in [0.15, 0.2) is 0 Å². The molecule has 6 heteroatoms. The summed E-state index contributed by atoms with van der Waals surface area (Å²) in [6, 6.07) is 0. The SMILES string of the molecule is CCCOP1(=O)OOO1. The molecule has 0 amide bonds. The van der Waals surface area contributed by atoms with E-state index in [-0.39, 0.29) is 0 Å². The highest BCUT2D eigenvalue weighted by Gasteiger charge is 2.40.